The summed E-state index contributed by atoms with van der Waals surface area (Å²) in [7, 11) is 0. The van der Waals surface area contributed by atoms with Gasteiger partial charge >= 0.3 is 5.97 Å². The number of hydrogen-bond acceptors (Lipinski definition) is 3. The van der Waals surface area contributed by atoms with Crippen molar-refractivity contribution in [3.8, 4) is 0 Å². The lowest BCUT2D eigenvalue weighted by Crippen LogP contribution is -2.43. The predicted octanol–water partition coefficient (Wildman–Crippen LogP) is 0.670. The lowest BCUT2D eigenvalue weighted by atomic mass is 9.90. The zero-order valence-electron chi connectivity index (χ0n) is 11.3. The molecule has 1 aromatic rings. The fourth-order valence-corrected chi connectivity index (χ4v) is 2.51. The van der Waals surface area contributed by atoms with Gasteiger partial charge in [0.15, 0.2) is 0 Å². The van der Waals surface area contributed by atoms with Gasteiger partial charge in [0.05, 0.1) is 13.0 Å². The van der Waals surface area contributed by atoms with Crippen LogP contribution >= 0.6 is 0 Å². The second kappa shape index (κ2) is 6.52. The lowest BCUT2D eigenvalue weighted by molar-refractivity contribution is -0.142. The first-order valence-corrected chi connectivity index (χ1v) is 6.84. The summed E-state index contributed by atoms with van der Waals surface area (Å²) >= 11 is 0. The Balaban J connectivity index is 1.99. The van der Waals surface area contributed by atoms with Crippen LogP contribution in [-0.2, 0) is 28.9 Å². The quantitative estimate of drug-likeness (QED) is 0.738. The molecule has 0 aromatic heterocycles. The van der Waals surface area contributed by atoms with Gasteiger partial charge in [0.2, 0.25) is 5.91 Å². The van der Waals surface area contributed by atoms with Crippen molar-refractivity contribution < 1.29 is 19.8 Å². The maximum Gasteiger partial charge on any atom is 0.328 e. The van der Waals surface area contributed by atoms with Crippen molar-refractivity contribution in [1.82, 2.24) is 5.32 Å². The molecule has 0 spiro atoms. The lowest BCUT2D eigenvalue weighted by Gasteiger charge is -2.17. The highest BCUT2D eigenvalue weighted by atomic mass is 16.4. The number of aryl methyl sites for hydroxylation is 2. The molecule has 0 aliphatic heterocycles. The number of carboxylic acids is 1. The molecule has 5 nitrogen and oxygen atoms in total. The molecular formula is C15H19NO4. The number of rotatable bonds is 5. The van der Waals surface area contributed by atoms with Crippen LogP contribution < -0.4 is 5.32 Å². The summed E-state index contributed by atoms with van der Waals surface area (Å²) in [6, 6.07) is 4.76. The maximum absolute atomic E-state index is 11.8. The molecule has 2 rings (SSSR count). The Morgan fingerprint density at radius 2 is 1.90 bits per heavy atom. The Morgan fingerprint density at radius 1 is 1.20 bits per heavy atom. The van der Waals surface area contributed by atoms with E-state index in [4.69, 9.17) is 10.2 Å². The molecule has 5 heteroatoms. The summed E-state index contributed by atoms with van der Waals surface area (Å²) in [6.45, 7) is -0.606. The Labute approximate surface area is 117 Å². The second-order valence-electron chi connectivity index (χ2n) is 5.13. The van der Waals surface area contributed by atoms with Crippen LogP contribution in [-0.4, -0.2) is 34.7 Å². The van der Waals surface area contributed by atoms with Crippen molar-refractivity contribution in [1.29, 1.82) is 0 Å². The van der Waals surface area contributed by atoms with Gasteiger partial charge in [0, 0.05) is 0 Å². The van der Waals surface area contributed by atoms with Crippen LogP contribution in [0.5, 0.6) is 0 Å². The van der Waals surface area contributed by atoms with Crippen molar-refractivity contribution in [2.45, 2.75) is 38.1 Å². The number of hydrogen-bond donors (Lipinski definition) is 3. The number of nitrogens with one attached hydrogen (secondary N) is 1. The summed E-state index contributed by atoms with van der Waals surface area (Å²) in [5, 5.41) is 20.0. The van der Waals surface area contributed by atoms with Gasteiger partial charge in [0.25, 0.3) is 0 Å². The van der Waals surface area contributed by atoms with Crippen LogP contribution in [0.4, 0.5) is 0 Å². The van der Waals surface area contributed by atoms with Crippen LogP contribution in [0.3, 0.4) is 0 Å². The molecule has 0 saturated carbocycles. The summed E-state index contributed by atoms with van der Waals surface area (Å²) in [4.78, 5) is 22.5. The SMILES string of the molecule is O=C(Cc1ccc2c(c1)CCCC2)NC(CO)C(=O)O. The van der Waals surface area contributed by atoms with E-state index in [2.05, 4.69) is 11.4 Å². The highest BCUT2D eigenvalue weighted by molar-refractivity contribution is 5.84. The molecule has 20 heavy (non-hydrogen) atoms. The smallest absolute Gasteiger partial charge is 0.328 e. The number of carbonyl (C=O) groups excluding carboxylic acids is 1. The standard InChI is InChI=1S/C15H19NO4/c17-9-13(15(19)20)16-14(18)8-10-5-6-11-3-1-2-4-12(11)7-10/h5-7,13,17H,1-4,8-9H2,(H,16,18)(H,19,20). The van der Waals surface area contributed by atoms with E-state index in [1.54, 1.807) is 0 Å². The van der Waals surface area contributed by atoms with Crippen molar-refractivity contribution in [3.63, 3.8) is 0 Å². The fraction of sp³-hybridized carbons (Fsp3) is 0.467. The van der Waals surface area contributed by atoms with E-state index in [0.717, 1.165) is 18.4 Å². The summed E-state index contributed by atoms with van der Waals surface area (Å²) < 4.78 is 0. The van der Waals surface area contributed by atoms with Gasteiger partial charge in [-0.1, -0.05) is 18.2 Å². The first-order valence-electron chi connectivity index (χ1n) is 6.84. The zero-order chi connectivity index (χ0) is 14.5. The number of benzene rings is 1. The largest absolute Gasteiger partial charge is 0.480 e. The number of carboxylic acid groups (broad SMARTS) is 1. The van der Waals surface area contributed by atoms with Crippen LogP contribution in [0.1, 0.15) is 29.5 Å². The molecule has 3 N–H and O–H groups in total. The molecule has 0 heterocycles. The van der Waals surface area contributed by atoms with E-state index in [1.165, 1.54) is 24.0 Å². The minimum atomic E-state index is -1.24. The Kier molecular flexibility index (Phi) is 4.74. The molecule has 0 bridgehead atoms. The Hall–Kier alpha value is -1.88. The van der Waals surface area contributed by atoms with E-state index < -0.39 is 18.6 Å². The van der Waals surface area contributed by atoms with Crippen LogP contribution in [0.25, 0.3) is 0 Å². The molecule has 1 aliphatic carbocycles. The van der Waals surface area contributed by atoms with Crippen LogP contribution in [0, 0.1) is 0 Å². The van der Waals surface area contributed by atoms with Gasteiger partial charge < -0.3 is 15.5 Å². The normalized spacial score (nSPS) is 15.2. The van der Waals surface area contributed by atoms with Gasteiger partial charge in [0.1, 0.15) is 6.04 Å². The van der Waals surface area contributed by atoms with Crippen LogP contribution in [0.2, 0.25) is 0 Å². The van der Waals surface area contributed by atoms with Crippen molar-refractivity contribution in [3.05, 3.63) is 34.9 Å². The maximum atomic E-state index is 11.8. The molecule has 1 atom stereocenters. The number of aliphatic hydroxyl groups is 1. The highest BCUT2D eigenvalue weighted by Gasteiger charge is 2.19. The number of aliphatic carboxylic acids is 1. The highest BCUT2D eigenvalue weighted by Crippen LogP contribution is 2.22. The number of carbonyl (C=O) groups is 2. The predicted molar refractivity (Wildman–Crippen MR) is 73.4 cm³/mol. The van der Waals surface area contributed by atoms with Crippen molar-refractivity contribution >= 4 is 11.9 Å². The van der Waals surface area contributed by atoms with Crippen molar-refractivity contribution in [2.75, 3.05) is 6.61 Å². The minimum Gasteiger partial charge on any atom is -0.480 e. The van der Waals surface area contributed by atoms with E-state index in [0.29, 0.717) is 0 Å². The average molecular weight is 277 g/mol. The Morgan fingerprint density at radius 3 is 2.55 bits per heavy atom. The molecular weight excluding hydrogens is 258 g/mol. The molecule has 1 aliphatic rings. The van der Waals surface area contributed by atoms with Gasteiger partial charge in [-0.05, 0) is 42.4 Å². The van der Waals surface area contributed by atoms with Gasteiger partial charge in [-0.25, -0.2) is 4.79 Å². The van der Waals surface area contributed by atoms with E-state index in [1.807, 2.05) is 12.1 Å². The molecule has 1 amide bonds. The number of fused-ring (bicyclic) bond motifs is 1. The van der Waals surface area contributed by atoms with E-state index >= 15 is 0 Å². The van der Waals surface area contributed by atoms with Crippen LogP contribution in [0.15, 0.2) is 18.2 Å². The summed E-state index contributed by atoms with van der Waals surface area (Å²) in [6.07, 6.45) is 4.65. The minimum absolute atomic E-state index is 0.136. The molecule has 0 radical (unpaired) electrons. The molecule has 1 unspecified atom stereocenters. The Bertz CT molecular complexity index is 513. The first kappa shape index (κ1) is 14.5. The summed E-state index contributed by atoms with van der Waals surface area (Å²) in [5.41, 5.74) is 3.52. The van der Waals surface area contributed by atoms with Gasteiger partial charge in [-0.15, -0.1) is 0 Å². The molecule has 108 valence electrons. The monoisotopic (exact) mass is 277 g/mol. The van der Waals surface area contributed by atoms with E-state index in [-0.39, 0.29) is 12.3 Å². The third-order valence-electron chi connectivity index (χ3n) is 3.59. The van der Waals surface area contributed by atoms with Gasteiger partial charge in [-0.3, -0.25) is 4.79 Å². The molecule has 1 aromatic carbocycles. The molecule has 0 fully saturated rings. The van der Waals surface area contributed by atoms with Gasteiger partial charge in [-0.2, -0.15) is 0 Å². The topological polar surface area (TPSA) is 86.6 Å². The second-order valence-corrected chi connectivity index (χ2v) is 5.13. The first-order chi connectivity index (χ1) is 9.60. The van der Waals surface area contributed by atoms with Crippen molar-refractivity contribution in [2.24, 2.45) is 0 Å². The zero-order valence-corrected chi connectivity index (χ0v) is 11.3. The third kappa shape index (κ3) is 3.57. The third-order valence-corrected chi connectivity index (χ3v) is 3.59. The number of aliphatic hydroxyl groups excluding tert-OH is 1. The van der Waals surface area contributed by atoms with E-state index in [9.17, 15) is 9.59 Å². The fourth-order valence-electron chi connectivity index (χ4n) is 2.51. The number of amides is 1. The molecule has 0 saturated heterocycles. The average Bonchev–Trinajstić information content (AvgIpc) is 2.44. The summed E-state index contributed by atoms with van der Waals surface area (Å²) in [5.74, 6) is -1.62.